The van der Waals surface area contributed by atoms with Crippen molar-refractivity contribution >= 4 is 45.9 Å². The lowest BCUT2D eigenvalue weighted by Gasteiger charge is -2.19. The van der Waals surface area contributed by atoms with E-state index in [0.717, 1.165) is 32.6 Å². The number of aliphatic hydroxyl groups excluding tert-OH is 2. The van der Waals surface area contributed by atoms with Gasteiger partial charge < -0.3 is 30.1 Å². The first-order valence-corrected chi connectivity index (χ1v) is 14.1. The van der Waals surface area contributed by atoms with Gasteiger partial charge >= 0.3 is 7.60 Å². The number of nitrogens with zero attached hydrogens (tertiary/aromatic N) is 4. The van der Waals surface area contributed by atoms with Gasteiger partial charge in [-0.3, -0.25) is 4.57 Å². The molecule has 0 amide bonds. The molecule has 0 radical (unpaired) electrons. The van der Waals surface area contributed by atoms with Gasteiger partial charge in [-0.1, -0.05) is 12.8 Å². The maximum absolute atomic E-state index is 12.4. The van der Waals surface area contributed by atoms with Crippen molar-refractivity contribution in [2.75, 3.05) is 11.1 Å². The fraction of sp³-hybridized carbons (Fsp3) is 0.706. The summed E-state index contributed by atoms with van der Waals surface area (Å²) in [5.41, 5.74) is 0.207. The highest BCUT2D eigenvalue weighted by molar-refractivity contribution is 7.98. The molecule has 0 bridgehead atoms. The Balaban J connectivity index is 1.61. The minimum absolute atomic E-state index is 0.0765. The van der Waals surface area contributed by atoms with Crippen LogP contribution in [0.4, 0.5) is 5.82 Å². The van der Waals surface area contributed by atoms with Crippen molar-refractivity contribution in [2.45, 2.75) is 68.2 Å². The third-order valence-electron chi connectivity index (χ3n) is 6.09. The van der Waals surface area contributed by atoms with E-state index >= 15 is 0 Å². The lowest BCUT2D eigenvalue weighted by molar-refractivity contribution is -0.0364. The Morgan fingerprint density at radius 3 is 2.58 bits per heavy atom. The SMILES string of the molecule is C[C@@H](P(=O)(O)O)S(=O)(=O)C[C@H]1O[C@@H](n2ncc3c(NC4CCCC4)nc(Cl)nc32)[C@H](O)[C@@H]1O. The van der Waals surface area contributed by atoms with Gasteiger partial charge in [0.15, 0.2) is 26.7 Å². The van der Waals surface area contributed by atoms with Crippen molar-refractivity contribution in [1.29, 1.82) is 0 Å². The number of hydrogen-bond donors (Lipinski definition) is 5. The van der Waals surface area contributed by atoms with Gasteiger partial charge in [-0.15, -0.1) is 0 Å². The number of nitrogens with one attached hydrogen (secondary N) is 1. The number of hydrogen-bond acceptors (Lipinski definition) is 10. The van der Waals surface area contributed by atoms with Gasteiger partial charge in [0, 0.05) is 6.04 Å². The summed E-state index contributed by atoms with van der Waals surface area (Å²) < 4.78 is 43.0. The Hall–Kier alpha value is -1.38. The minimum atomic E-state index is -4.93. The summed E-state index contributed by atoms with van der Waals surface area (Å²) in [7, 11) is -9.30. The summed E-state index contributed by atoms with van der Waals surface area (Å²) in [6, 6.07) is 0.225. The van der Waals surface area contributed by atoms with Gasteiger partial charge in [-0.2, -0.15) is 15.1 Å². The second-order valence-corrected chi connectivity index (χ2v) is 13.4. The van der Waals surface area contributed by atoms with Gasteiger partial charge in [-0.25, -0.2) is 13.1 Å². The summed E-state index contributed by atoms with van der Waals surface area (Å²) in [5, 5.41) is 28.9. The van der Waals surface area contributed by atoms with Crippen LogP contribution in [0.15, 0.2) is 6.20 Å². The predicted octanol–water partition coefficient (Wildman–Crippen LogP) is 0.392. The van der Waals surface area contributed by atoms with Gasteiger partial charge in [0.2, 0.25) is 5.28 Å². The third kappa shape index (κ3) is 4.89. The van der Waals surface area contributed by atoms with Crippen LogP contribution in [0.3, 0.4) is 0 Å². The highest BCUT2D eigenvalue weighted by Gasteiger charge is 2.48. The fourth-order valence-corrected chi connectivity index (χ4v) is 7.21. The number of anilines is 1. The van der Waals surface area contributed by atoms with E-state index in [9.17, 15) is 33.0 Å². The first kappa shape index (κ1) is 24.7. The van der Waals surface area contributed by atoms with Crippen LogP contribution in [0.1, 0.15) is 38.8 Å². The number of halogens is 1. The summed E-state index contributed by atoms with van der Waals surface area (Å²) in [6.45, 7) is 0.879. The first-order valence-electron chi connectivity index (χ1n) is 10.3. The Kier molecular flexibility index (Phi) is 6.75. The largest absolute Gasteiger partial charge is 0.387 e. The Bertz CT molecular complexity index is 1180. The van der Waals surface area contributed by atoms with Gasteiger partial charge in [0.25, 0.3) is 0 Å². The highest BCUT2D eigenvalue weighted by atomic mass is 35.5. The first-order chi connectivity index (χ1) is 15.4. The van der Waals surface area contributed by atoms with Crippen molar-refractivity contribution in [2.24, 2.45) is 0 Å². The van der Waals surface area contributed by atoms with Crippen molar-refractivity contribution in [1.82, 2.24) is 19.7 Å². The van der Waals surface area contributed by atoms with E-state index in [1.54, 1.807) is 0 Å². The molecule has 0 unspecified atom stereocenters. The molecule has 184 valence electrons. The molecule has 4 rings (SSSR count). The molecule has 13 nitrogen and oxygen atoms in total. The van der Waals surface area contributed by atoms with Crippen LogP contribution in [0, 0.1) is 0 Å². The van der Waals surface area contributed by atoms with Crippen LogP contribution < -0.4 is 5.32 Å². The highest BCUT2D eigenvalue weighted by Crippen LogP contribution is 2.45. The lowest BCUT2D eigenvalue weighted by Crippen LogP contribution is -2.37. The topological polar surface area (TPSA) is 197 Å². The summed E-state index contributed by atoms with van der Waals surface area (Å²) in [5.74, 6) is -0.442. The van der Waals surface area contributed by atoms with E-state index in [4.69, 9.17) is 16.3 Å². The molecule has 1 aliphatic heterocycles. The van der Waals surface area contributed by atoms with Gasteiger partial charge in [0.05, 0.1) is 17.3 Å². The number of aliphatic hydroxyl groups is 2. The van der Waals surface area contributed by atoms with Crippen LogP contribution in [0.2, 0.25) is 5.28 Å². The Morgan fingerprint density at radius 1 is 1.27 bits per heavy atom. The molecule has 2 aliphatic rings. The van der Waals surface area contributed by atoms with Crippen molar-refractivity contribution in [3.05, 3.63) is 11.5 Å². The number of sulfone groups is 1. The molecular formula is C17H25ClN5O8PS. The van der Waals surface area contributed by atoms with Crippen molar-refractivity contribution in [3.8, 4) is 0 Å². The molecule has 0 aromatic carbocycles. The lowest BCUT2D eigenvalue weighted by atomic mass is 10.1. The summed E-state index contributed by atoms with van der Waals surface area (Å²) in [6.07, 6.45) is -0.377. The molecule has 1 saturated carbocycles. The molecule has 1 aliphatic carbocycles. The molecule has 2 aromatic heterocycles. The van der Waals surface area contributed by atoms with E-state index in [1.807, 2.05) is 0 Å². The molecule has 16 heteroatoms. The third-order valence-corrected chi connectivity index (χ3v) is 10.8. The number of rotatable bonds is 7. The molecule has 1 saturated heterocycles. The van der Waals surface area contributed by atoms with Gasteiger partial charge in [0.1, 0.15) is 24.1 Å². The quantitative estimate of drug-likeness (QED) is 0.246. The number of aromatic nitrogens is 4. The van der Waals surface area contributed by atoms with E-state index < -0.39 is 52.7 Å². The Morgan fingerprint density at radius 2 is 1.94 bits per heavy atom. The number of ether oxygens (including phenoxy) is 1. The zero-order chi connectivity index (χ0) is 24.1. The van der Waals surface area contributed by atoms with Crippen LogP contribution in [-0.4, -0.2) is 83.3 Å². The zero-order valence-corrected chi connectivity index (χ0v) is 20.0. The summed E-state index contributed by atoms with van der Waals surface area (Å²) in [4.78, 5) is 24.8. The van der Waals surface area contributed by atoms with Crippen molar-refractivity contribution in [3.63, 3.8) is 0 Å². The molecule has 2 aromatic rings. The second-order valence-electron chi connectivity index (χ2n) is 8.36. The maximum atomic E-state index is 12.4. The molecule has 3 heterocycles. The monoisotopic (exact) mass is 525 g/mol. The molecule has 0 spiro atoms. The number of fused-ring (bicyclic) bond motifs is 1. The smallest absolute Gasteiger partial charge is 0.343 e. The standard InChI is InChI=1S/C17H25ClN5O8PS/c1-8(32(26,27)28)33(29,30)7-11-12(24)13(25)16(31-11)23-15-10(6-19-23)14(21-17(18)22-15)20-9-4-2-3-5-9/h6,8-9,11-13,16,24-25H,2-5,7H2,1H3,(H,20,21,22)(H2,26,27,28)/t8-,11+,12+,13+,16+/m0/s1. The summed E-state index contributed by atoms with van der Waals surface area (Å²) >= 11 is 6.09. The van der Waals surface area contributed by atoms with Crippen molar-refractivity contribution < 1.29 is 37.7 Å². The van der Waals surface area contributed by atoms with E-state index in [0.29, 0.717) is 11.2 Å². The molecule has 5 atom stereocenters. The van der Waals surface area contributed by atoms with E-state index in [1.165, 1.54) is 10.9 Å². The molecule has 2 fully saturated rings. The van der Waals surface area contributed by atoms with E-state index in [-0.39, 0.29) is 17.0 Å². The van der Waals surface area contributed by atoms with E-state index in [2.05, 4.69) is 20.4 Å². The van der Waals surface area contributed by atoms with Crippen LogP contribution in [-0.2, 0) is 19.1 Å². The minimum Gasteiger partial charge on any atom is -0.387 e. The maximum Gasteiger partial charge on any atom is 0.343 e. The van der Waals surface area contributed by atoms with Crippen LogP contribution in [0.5, 0.6) is 0 Å². The second kappa shape index (κ2) is 9.00. The Labute approximate surface area is 194 Å². The molecular weight excluding hydrogens is 501 g/mol. The average Bonchev–Trinajstić information content (AvgIpc) is 3.43. The molecule has 5 N–H and O–H groups in total. The normalized spacial score (nSPS) is 27.9. The van der Waals surface area contributed by atoms with Crippen LogP contribution >= 0.6 is 19.2 Å². The van der Waals surface area contributed by atoms with Gasteiger partial charge in [-0.05, 0) is 31.4 Å². The molecule has 33 heavy (non-hydrogen) atoms. The zero-order valence-electron chi connectivity index (χ0n) is 17.5. The fourth-order valence-electron chi connectivity index (χ4n) is 4.11. The predicted molar refractivity (Wildman–Crippen MR) is 117 cm³/mol. The van der Waals surface area contributed by atoms with Crippen LogP contribution in [0.25, 0.3) is 11.0 Å². The average molecular weight is 526 g/mol.